The molecule has 0 aliphatic carbocycles. The second-order valence-electron chi connectivity index (χ2n) is 4.31. The van der Waals surface area contributed by atoms with Crippen molar-refractivity contribution < 1.29 is 0 Å². The van der Waals surface area contributed by atoms with Crippen molar-refractivity contribution in [3.8, 4) is 9.88 Å². The minimum absolute atomic E-state index is 0.336. The van der Waals surface area contributed by atoms with E-state index in [9.17, 15) is 0 Å². The Labute approximate surface area is 116 Å². The Bertz CT molecular complexity index is 497. The fourth-order valence-electron chi connectivity index (χ4n) is 1.81. The highest BCUT2D eigenvalue weighted by atomic mass is 32.1. The molecule has 0 saturated carbocycles. The van der Waals surface area contributed by atoms with Gasteiger partial charge in [-0.15, -0.1) is 21.5 Å². The van der Waals surface area contributed by atoms with Gasteiger partial charge in [-0.25, -0.2) is 0 Å². The number of thiophene rings is 1. The lowest BCUT2D eigenvalue weighted by Gasteiger charge is -2.10. The van der Waals surface area contributed by atoms with Crippen molar-refractivity contribution in [2.45, 2.75) is 40.2 Å². The van der Waals surface area contributed by atoms with Crippen molar-refractivity contribution in [2.24, 2.45) is 0 Å². The van der Waals surface area contributed by atoms with E-state index in [0.29, 0.717) is 6.04 Å². The van der Waals surface area contributed by atoms with Gasteiger partial charge in [-0.05, 0) is 38.4 Å². The van der Waals surface area contributed by atoms with Gasteiger partial charge in [0.15, 0.2) is 5.01 Å². The van der Waals surface area contributed by atoms with Crippen molar-refractivity contribution in [1.29, 1.82) is 0 Å². The van der Waals surface area contributed by atoms with E-state index in [1.54, 1.807) is 22.7 Å². The molecule has 1 N–H and O–H groups in total. The van der Waals surface area contributed by atoms with Gasteiger partial charge in [0, 0.05) is 4.88 Å². The average molecular weight is 281 g/mol. The van der Waals surface area contributed by atoms with Crippen LogP contribution in [0.2, 0.25) is 0 Å². The van der Waals surface area contributed by atoms with Crippen LogP contribution in [0.3, 0.4) is 0 Å². The number of nitrogens with zero attached hydrogens (tertiary/aromatic N) is 2. The van der Waals surface area contributed by atoms with Gasteiger partial charge < -0.3 is 5.32 Å². The molecule has 2 heterocycles. The van der Waals surface area contributed by atoms with Crippen LogP contribution < -0.4 is 5.32 Å². The molecule has 0 radical (unpaired) electrons. The number of hydrogen-bond acceptors (Lipinski definition) is 5. The van der Waals surface area contributed by atoms with Crippen LogP contribution in [0, 0.1) is 13.8 Å². The SMILES string of the molecule is CCNC(CC)c1nnc(-c2cc(C)c(C)s2)s1. The monoisotopic (exact) mass is 281 g/mol. The molecule has 1 unspecified atom stereocenters. The zero-order chi connectivity index (χ0) is 13.1. The quantitative estimate of drug-likeness (QED) is 0.902. The standard InChI is InChI=1S/C13H19N3S2/c1-5-10(14-6-2)12-15-16-13(18-12)11-7-8(3)9(4)17-11/h7,10,14H,5-6H2,1-4H3. The summed E-state index contributed by atoms with van der Waals surface area (Å²) < 4.78 is 0. The molecule has 2 aromatic heterocycles. The Kier molecular flexibility index (Phi) is 4.48. The lowest BCUT2D eigenvalue weighted by molar-refractivity contribution is 0.531. The third-order valence-corrected chi connectivity index (χ3v) is 5.33. The van der Waals surface area contributed by atoms with E-state index in [2.05, 4.69) is 49.3 Å². The van der Waals surface area contributed by atoms with Crippen LogP contribution in [0.1, 0.15) is 41.8 Å². The molecule has 1 atom stereocenters. The van der Waals surface area contributed by atoms with Crippen LogP contribution in [0.25, 0.3) is 9.88 Å². The fourth-order valence-corrected chi connectivity index (χ4v) is 3.88. The summed E-state index contributed by atoms with van der Waals surface area (Å²) in [5.74, 6) is 0. The third-order valence-electron chi connectivity index (χ3n) is 2.97. The summed E-state index contributed by atoms with van der Waals surface area (Å²) in [6.45, 7) is 9.55. The molecule has 2 aromatic rings. The summed E-state index contributed by atoms with van der Waals surface area (Å²) in [5.41, 5.74) is 1.34. The molecule has 0 aliphatic heterocycles. The first kappa shape index (κ1) is 13.6. The van der Waals surface area contributed by atoms with E-state index in [0.717, 1.165) is 23.0 Å². The number of rotatable bonds is 5. The molecule has 3 nitrogen and oxygen atoms in total. The van der Waals surface area contributed by atoms with Crippen LogP contribution >= 0.6 is 22.7 Å². The fraction of sp³-hybridized carbons (Fsp3) is 0.538. The van der Waals surface area contributed by atoms with Gasteiger partial charge in [-0.1, -0.05) is 25.2 Å². The lowest BCUT2D eigenvalue weighted by Crippen LogP contribution is -2.19. The van der Waals surface area contributed by atoms with Gasteiger partial charge in [-0.3, -0.25) is 0 Å². The summed E-state index contributed by atoms with van der Waals surface area (Å²) >= 11 is 3.51. The van der Waals surface area contributed by atoms with Crippen LogP contribution in [-0.4, -0.2) is 16.7 Å². The Morgan fingerprint density at radius 1 is 1.22 bits per heavy atom. The molecule has 0 aliphatic rings. The zero-order valence-corrected chi connectivity index (χ0v) is 12.9. The lowest BCUT2D eigenvalue weighted by atomic mass is 10.2. The van der Waals surface area contributed by atoms with E-state index < -0.39 is 0 Å². The first-order valence-corrected chi connectivity index (χ1v) is 7.93. The summed E-state index contributed by atoms with van der Waals surface area (Å²) in [4.78, 5) is 2.60. The third kappa shape index (κ3) is 2.79. The smallest absolute Gasteiger partial charge is 0.157 e. The second-order valence-corrected chi connectivity index (χ2v) is 6.58. The van der Waals surface area contributed by atoms with Gasteiger partial charge in [0.1, 0.15) is 5.01 Å². The predicted molar refractivity (Wildman–Crippen MR) is 79.4 cm³/mol. The minimum Gasteiger partial charge on any atom is -0.308 e. The number of aryl methyl sites for hydroxylation is 2. The number of aromatic nitrogens is 2. The van der Waals surface area contributed by atoms with E-state index in [1.807, 2.05) is 0 Å². The normalized spacial score (nSPS) is 12.9. The van der Waals surface area contributed by atoms with Crippen LogP contribution in [0.4, 0.5) is 0 Å². The van der Waals surface area contributed by atoms with E-state index in [1.165, 1.54) is 15.3 Å². The molecule has 0 spiro atoms. The molecule has 0 fully saturated rings. The number of nitrogens with one attached hydrogen (secondary N) is 1. The molecular formula is C13H19N3S2. The van der Waals surface area contributed by atoms with E-state index >= 15 is 0 Å². The largest absolute Gasteiger partial charge is 0.308 e. The molecule has 0 bridgehead atoms. The van der Waals surface area contributed by atoms with Gasteiger partial charge in [0.25, 0.3) is 0 Å². The Balaban J connectivity index is 2.24. The average Bonchev–Trinajstić information content (AvgIpc) is 2.94. The van der Waals surface area contributed by atoms with Crippen molar-refractivity contribution >= 4 is 22.7 Å². The summed E-state index contributed by atoms with van der Waals surface area (Å²) in [6, 6.07) is 2.54. The summed E-state index contributed by atoms with van der Waals surface area (Å²) in [5, 5.41) is 14.2. The highest BCUT2D eigenvalue weighted by molar-refractivity contribution is 7.21. The first-order chi connectivity index (χ1) is 8.65. The van der Waals surface area contributed by atoms with Crippen molar-refractivity contribution in [1.82, 2.24) is 15.5 Å². The van der Waals surface area contributed by atoms with Gasteiger partial charge in [0.2, 0.25) is 0 Å². The topological polar surface area (TPSA) is 37.8 Å². The molecule has 2 rings (SSSR count). The molecule has 0 aromatic carbocycles. The van der Waals surface area contributed by atoms with Crippen molar-refractivity contribution in [3.63, 3.8) is 0 Å². The molecular weight excluding hydrogens is 262 g/mol. The summed E-state index contributed by atoms with van der Waals surface area (Å²) in [7, 11) is 0. The summed E-state index contributed by atoms with van der Waals surface area (Å²) in [6.07, 6.45) is 1.05. The van der Waals surface area contributed by atoms with Crippen LogP contribution in [0.15, 0.2) is 6.07 Å². The highest BCUT2D eigenvalue weighted by Gasteiger charge is 2.16. The van der Waals surface area contributed by atoms with Gasteiger partial charge in [-0.2, -0.15) is 0 Å². The Morgan fingerprint density at radius 3 is 2.56 bits per heavy atom. The zero-order valence-electron chi connectivity index (χ0n) is 11.3. The molecule has 98 valence electrons. The van der Waals surface area contributed by atoms with E-state index in [4.69, 9.17) is 0 Å². The van der Waals surface area contributed by atoms with E-state index in [-0.39, 0.29) is 0 Å². The van der Waals surface area contributed by atoms with Crippen molar-refractivity contribution in [2.75, 3.05) is 6.54 Å². The minimum atomic E-state index is 0.336. The maximum Gasteiger partial charge on any atom is 0.157 e. The molecule has 0 amide bonds. The molecule has 5 heteroatoms. The Hall–Kier alpha value is -0.780. The van der Waals surface area contributed by atoms with Crippen LogP contribution in [0.5, 0.6) is 0 Å². The van der Waals surface area contributed by atoms with Gasteiger partial charge >= 0.3 is 0 Å². The van der Waals surface area contributed by atoms with Crippen molar-refractivity contribution in [3.05, 3.63) is 21.5 Å². The Morgan fingerprint density at radius 2 is 2.00 bits per heavy atom. The van der Waals surface area contributed by atoms with Crippen LogP contribution in [-0.2, 0) is 0 Å². The molecule has 18 heavy (non-hydrogen) atoms. The highest BCUT2D eigenvalue weighted by Crippen LogP contribution is 2.34. The maximum atomic E-state index is 4.33. The first-order valence-electron chi connectivity index (χ1n) is 6.29. The predicted octanol–water partition coefficient (Wildman–Crippen LogP) is 3.94. The van der Waals surface area contributed by atoms with Gasteiger partial charge in [0.05, 0.1) is 10.9 Å². The molecule has 0 saturated heterocycles. The second kappa shape index (κ2) is 5.91. The maximum absolute atomic E-state index is 4.33. The number of hydrogen-bond donors (Lipinski definition) is 1.